The van der Waals surface area contributed by atoms with E-state index >= 15 is 0 Å². The topological polar surface area (TPSA) is 65.4 Å². The maximum absolute atomic E-state index is 12.1. The van der Waals surface area contributed by atoms with Crippen LogP contribution in [0.15, 0.2) is 48.8 Å². The fourth-order valence-electron chi connectivity index (χ4n) is 2.60. The first-order chi connectivity index (χ1) is 12.1. The fourth-order valence-corrected chi connectivity index (χ4v) is 2.60. The molecule has 0 aliphatic rings. The van der Waals surface area contributed by atoms with E-state index in [1.807, 2.05) is 36.7 Å². The van der Waals surface area contributed by atoms with Gasteiger partial charge in [-0.2, -0.15) is 0 Å². The van der Waals surface area contributed by atoms with Crippen molar-refractivity contribution >= 4 is 22.6 Å². The van der Waals surface area contributed by atoms with Crippen LogP contribution in [0.2, 0.25) is 0 Å². The average Bonchev–Trinajstić information content (AvgIpc) is 3.03. The van der Waals surface area contributed by atoms with Crippen LogP contribution in [0.1, 0.15) is 19.9 Å². The summed E-state index contributed by atoms with van der Waals surface area (Å²) >= 11 is 0. The molecule has 3 rings (SSSR count). The molecule has 0 aliphatic carbocycles. The van der Waals surface area contributed by atoms with Crippen LogP contribution in [0.5, 0.6) is 11.5 Å². The lowest BCUT2D eigenvalue weighted by atomic mass is 10.2. The summed E-state index contributed by atoms with van der Waals surface area (Å²) < 4.78 is 12.8. The molecule has 1 heterocycles. The van der Waals surface area contributed by atoms with E-state index in [0.29, 0.717) is 23.2 Å². The molecule has 0 aliphatic heterocycles. The summed E-state index contributed by atoms with van der Waals surface area (Å²) in [6, 6.07) is 13.2. The van der Waals surface area contributed by atoms with E-state index in [4.69, 9.17) is 9.47 Å². The molecule has 6 nitrogen and oxygen atoms in total. The molecule has 6 heteroatoms. The summed E-state index contributed by atoms with van der Waals surface area (Å²) in [6.45, 7) is 4.11. The van der Waals surface area contributed by atoms with Crippen molar-refractivity contribution in [3.05, 3.63) is 48.8 Å². The Morgan fingerprint density at radius 2 is 1.96 bits per heavy atom. The van der Waals surface area contributed by atoms with Gasteiger partial charge in [0.25, 0.3) is 5.91 Å². The number of nitrogens with one attached hydrogen (secondary N) is 1. The molecule has 1 amide bonds. The maximum atomic E-state index is 12.1. The van der Waals surface area contributed by atoms with Crippen LogP contribution < -0.4 is 14.8 Å². The number of amides is 1. The van der Waals surface area contributed by atoms with Gasteiger partial charge in [0.1, 0.15) is 0 Å². The minimum absolute atomic E-state index is 0.0984. The molecule has 1 N–H and O–H groups in total. The highest BCUT2D eigenvalue weighted by atomic mass is 16.5. The van der Waals surface area contributed by atoms with Gasteiger partial charge < -0.3 is 19.4 Å². The number of carbonyl (C=O) groups excluding carboxylic acids is 1. The Hall–Kier alpha value is -3.02. The van der Waals surface area contributed by atoms with Crippen molar-refractivity contribution < 1.29 is 14.3 Å². The van der Waals surface area contributed by atoms with Crippen LogP contribution in [-0.4, -0.2) is 29.2 Å². The molecule has 0 saturated carbocycles. The molecule has 0 atom stereocenters. The number of anilines is 1. The van der Waals surface area contributed by atoms with Crippen LogP contribution in [0.3, 0.4) is 0 Å². The lowest BCUT2D eigenvalue weighted by Gasteiger charge is -2.11. The van der Waals surface area contributed by atoms with Gasteiger partial charge in [0, 0.05) is 11.7 Å². The number of ether oxygens (including phenoxy) is 2. The molecular formula is C19H21N3O3. The van der Waals surface area contributed by atoms with Gasteiger partial charge in [0.05, 0.1) is 24.5 Å². The van der Waals surface area contributed by atoms with Crippen molar-refractivity contribution in [3.63, 3.8) is 0 Å². The van der Waals surface area contributed by atoms with Gasteiger partial charge in [-0.05, 0) is 44.2 Å². The van der Waals surface area contributed by atoms with Crippen molar-refractivity contribution in [1.82, 2.24) is 9.55 Å². The van der Waals surface area contributed by atoms with E-state index in [9.17, 15) is 4.79 Å². The SMILES string of the molecule is COc1ccccc1OCC(=O)Nc1ccc2c(c1)ncn2C(C)C. The third kappa shape index (κ3) is 3.74. The largest absolute Gasteiger partial charge is 0.493 e. The molecule has 0 fully saturated rings. The molecule has 3 aromatic rings. The quantitative estimate of drug-likeness (QED) is 0.744. The van der Waals surface area contributed by atoms with E-state index in [-0.39, 0.29) is 12.5 Å². The van der Waals surface area contributed by atoms with E-state index in [2.05, 4.69) is 28.7 Å². The molecular weight excluding hydrogens is 318 g/mol. The van der Waals surface area contributed by atoms with Gasteiger partial charge in [-0.3, -0.25) is 4.79 Å². The smallest absolute Gasteiger partial charge is 0.262 e. The third-order valence-electron chi connectivity index (χ3n) is 3.84. The van der Waals surface area contributed by atoms with Crippen molar-refractivity contribution in [1.29, 1.82) is 0 Å². The van der Waals surface area contributed by atoms with Gasteiger partial charge in [-0.15, -0.1) is 0 Å². The van der Waals surface area contributed by atoms with E-state index in [0.717, 1.165) is 11.0 Å². The Balaban J connectivity index is 1.66. The zero-order chi connectivity index (χ0) is 17.8. The summed E-state index contributed by atoms with van der Waals surface area (Å²) in [6.07, 6.45) is 1.81. The summed E-state index contributed by atoms with van der Waals surface area (Å²) in [5, 5.41) is 2.83. The standard InChI is InChI=1S/C19H21N3O3/c1-13(2)22-12-20-15-10-14(8-9-16(15)22)21-19(23)11-25-18-7-5-4-6-17(18)24-3/h4-10,12-13H,11H2,1-3H3,(H,21,23). The number of hydrogen-bond acceptors (Lipinski definition) is 4. The molecule has 0 radical (unpaired) electrons. The number of rotatable bonds is 6. The van der Waals surface area contributed by atoms with E-state index < -0.39 is 0 Å². The predicted molar refractivity (Wildman–Crippen MR) is 97.2 cm³/mol. The Labute approximate surface area is 146 Å². The molecule has 0 bridgehead atoms. The fraction of sp³-hybridized carbons (Fsp3) is 0.263. The van der Waals surface area contributed by atoms with Crippen molar-refractivity contribution in [2.75, 3.05) is 19.0 Å². The molecule has 25 heavy (non-hydrogen) atoms. The lowest BCUT2D eigenvalue weighted by molar-refractivity contribution is -0.118. The van der Waals surface area contributed by atoms with Crippen molar-refractivity contribution in [2.24, 2.45) is 0 Å². The second-order valence-corrected chi connectivity index (χ2v) is 5.94. The Kier molecular flexibility index (Phi) is 4.88. The Bertz CT molecular complexity index is 887. The maximum Gasteiger partial charge on any atom is 0.262 e. The Morgan fingerprint density at radius 1 is 1.20 bits per heavy atom. The van der Waals surface area contributed by atoms with Gasteiger partial charge in [-0.25, -0.2) is 4.98 Å². The van der Waals surface area contributed by atoms with Crippen molar-refractivity contribution in [3.8, 4) is 11.5 Å². The Morgan fingerprint density at radius 3 is 2.68 bits per heavy atom. The highest BCUT2D eigenvalue weighted by molar-refractivity contribution is 5.94. The number of imidazole rings is 1. The zero-order valence-corrected chi connectivity index (χ0v) is 14.5. The highest BCUT2D eigenvalue weighted by Crippen LogP contribution is 2.26. The third-order valence-corrected chi connectivity index (χ3v) is 3.84. The number of fused-ring (bicyclic) bond motifs is 1. The zero-order valence-electron chi connectivity index (χ0n) is 14.5. The van der Waals surface area contributed by atoms with E-state index in [1.54, 1.807) is 19.2 Å². The van der Waals surface area contributed by atoms with Gasteiger partial charge in [-0.1, -0.05) is 12.1 Å². The molecule has 1 aromatic heterocycles. The number of para-hydroxylation sites is 2. The minimum atomic E-state index is -0.242. The second-order valence-electron chi connectivity index (χ2n) is 5.94. The number of hydrogen-bond donors (Lipinski definition) is 1. The second kappa shape index (κ2) is 7.25. The number of aromatic nitrogens is 2. The number of methoxy groups -OCH3 is 1. The minimum Gasteiger partial charge on any atom is -0.493 e. The molecule has 0 saturated heterocycles. The normalized spacial score (nSPS) is 10.9. The van der Waals surface area contributed by atoms with Crippen LogP contribution in [-0.2, 0) is 4.79 Å². The van der Waals surface area contributed by atoms with Crippen LogP contribution in [0.25, 0.3) is 11.0 Å². The van der Waals surface area contributed by atoms with E-state index in [1.165, 1.54) is 0 Å². The summed E-state index contributed by atoms with van der Waals surface area (Å²) in [5.74, 6) is 0.885. The summed E-state index contributed by atoms with van der Waals surface area (Å²) in [5.41, 5.74) is 2.57. The number of carbonyl (C=O) groups is 1. The van der Waals surface area contributed by atoms with Crippen LogP contribution in [0.4, 0.5) is 5.69 Å². The number of nitrogens with zero attached hydrogens (tertiary/aromatic N) is 2. The van der Waals surface area contributed by atoms with Crippen LogP contribution >= 0.6 is 0 Å². The first kappa shape index (κ1) is 16.8. The summed E-state index contributed by atoms with van der Waals surface area (Å²) in [7, 11) is 1.56. The molecule has 2 aromatic carbocycles. The van der Waals surface area contributed by atoms with Crippen molar-refractivity contribution in [2.45, 2.75) is 19.9 Å². The lowest BCUT2D eigenvalue weighted by Crippen LogP contribution is -2.20. The molecule has 130 valence electrons. The van der Waals surface area contributed by atoms with Crippen LogP contribution in [0, 0.1) is 0 Å². The van der Waals surface area contributed by atoms with Gasteiger partial charge in [0.2, 0.25) is 0 Å². The summed E-state index contributed by atoms with van der Waals surface area (Å²) in [4.78, 5) is 16.5. The monoisotopic (exact) mass is 339 g/mol. The first-order valence-corrected chi connectivity index (χ1v) is 8.10. The van der Waals surface area contributed by atoms with Gasteiger partial charge in [0.15, 0.2) is 18.1 Å². The predicted octanol–water partition coefficient (Wildman–Crippen LogP) is 3.64. The van der Waals surface area contributed by atoms with Gasteiger partial charge >= 0.3 is 0 Å². The highest BCUT2D eigenvalue weighted by Gasteiger charge is 2.10. The number of benzene rings is 2. The first-order valence-electron chi connectivity index (χ1n) is 8.10. The average molecular weight is 339 g/mol. The molecule has 0 unspecified atom stereocenters. The molecule has 0 spiro atoms.